The third-order valence-electron chi connectivity index (χ3n) is 3.24. The number of benzene rings is 1. The van der Waals surface area contributed by atoms with Gasteiger partial charge < -0.3 is 15.5 Å². The monoisotopic (exact) mass is 298 g/mol. The molecule has 1 aromatic carbocycles. The van der Waals surface area contributed by atoms with Gasteiger partial charge in [0.05, 0.1) is 16.7 Å². The van der Waals surface area contributed by atoms with Crippen molar-refractivity contribution in [1.29, 1.82) is 0 Å². The molecule has 4 N–H and O–H groups in total. The summed E-state index contributed by atoms with van der Waals surface area (Å²) in [5.74, 6) is 3.59. The van der Waals surface area contributed by atoms with E-state index in [0.29, 0.717) is 32.1 Å². The van der Waals surface area contributed by atoms with Gasteiger partial charge in [0.25, 0.3) is 11.6 Å². The molecule has 1 saturated heterocycles. The SMILES string of the molecule is NNc1cc(C(=O)NC2CCOCC2)c([N+](=O)[O-])cc1F. The first-order valence-corrected chi connectivity index (χ1v) is 6.36. The van der Waals surface area contributed by atoms with Crippen LogP contribution in [0.25, 0.3) is 0 Å². The van der Waals surface area contributed by atoms with Crippen LogP contribution in [0.5, 0.6) is 0 Å². The molecule has 9 heteroatoms. The molecule has 0 saturated carbocycles. The normalized spacial score (nSPS) is 15.5. The number of rotatable bonds is 4. The van der Waals surface area contributed by atoms with E-state index < -0.39 is 22.3 Å². The molecule has 114 valence electrons. The average Bonchev–Trinajstić information content (AvgIpc) is 2.47. The molecule has 0 aliphatic carbocycles. The highest BCUT2D eigenvalue weighted by Crippen LogP contribution is 2.26. The van der Waals surface area contributed by atoms with Crippen LogP contribution in [0.2, 0.25) is 0 Å². The molecule has 1 aliphatic heterocycles. The summed E-state index contributed by atoms with van der Waals surface area (Å²) in [5.41, 5.74) is 1.04. The topological polar surface area (TPSA) is 120 Å². The zero-order valence-corrected chi connectivity index (χ0v) is 11.1. The first kappa shape index (κ1) is 15.1. The maximum atomic E-state index is 13.5. The lowest BCUT2D eigenvalue weighted by molar-refractivity contribution is -0.385. The molecule has 8 nitrogen and oxygen atoms in total. The highest BCUT2D eigenvalue weighted by molar-refractivity contribution is 5.99. The van der Waals surface area contributed by atoms with Crippen molar-refractivity contribution in [3.8, 4) is 0 Å². The van der Waals surface area contributed by atoms with E-state index in [2.05, 4.69) is 10.7 Å². The molecule has 0 unspecified atom stereocenters. The lowest BCUT2D eigenvalue weighted by atomic mass is 10.1. The predicted molar refractivity (Wildman–Crippen MR) is 72.2 cm³/mol. The van der Waals surface area contributed by atoms with Gasteiger partial charge in [-0.1, -0.05) is 0 Å². The van der Waals surface area contributed by atoms with Crippen LogP contribution in [-0.4, -0.2) is 30.1 Å². The number of hydrogen-bond acceptors (Lipinski definition) is 6. The maximum absolute atomic E-state index is 13.5. The number of amides is 1. The second kappa shape index (κ2) is 6.46. The predicted octanol–water partition coefficient (Wildman–Crippen LogP) is 0.928. The van der Waals surface area contributed by atoms with Gasteiger partial charge in [0.1, 0.15) is 5.56 Å². The van der Waals surface area contributed by atoms with Crippen LogP contribution in [0.3, 0.4) is 0 Å². The van der Waals surface area contributed by atoms with E-state index in [-0.39, 0.29) is 17.3 Å². The number of ether oxygens (including phenoxy) is 1. The summed E-state index contributed by atoms with van der Waals surface area (Å²) in [7, 11) is 0. The Hall–Kier alpha value is -2.26. The van der Waals surface area contributed by atoms with Gasteiger partial charge in [-0.05, 0) is 18.9 Å². The summed E-state index contributed by atoms with van der Waals surface area (Å²) in [6.45, 7) is 1.04. The number of hydrogen-bond donors (Lipinski definition) is 3. The number of nitrogens with one attached hydrogen (secondary N) is 2. The van der Waals surface area contributed by atoms with Crippen molar-refractivity contribution in [3.63, 3.8) is 0 Å². The van der Waals surface area contributed by atoms with Gasteiger partial charge in [-0.15, -0.1) is 0 Å². The smallest absolute Gasteiger partial charge is 0.285 e. The van der Waals surface area contributed by atoms with Crippen molar-refractivity contribution in [2.24, 2.45) is 5.84 Å². The van der Waals surface area contributed by atoms with Crippen LogP contribution in [-0.2, 0) is 4.74 Å². The standard InChI is InChI=1S/C12H15FN4O4/c13-9-6-11(17(19)20)8(5-10(9)16-14)12(18)15-7-1-3-21-4-2-7/h5-7,16H,1-4,14H2,(H,15,18). The highest BCUT2D eigenvalue weighted by Gasteiger charge is 2.25. The fourth-order valence-corrected chi connectivity index (χ4v) is 2.11. The third-order valence-corrected chi connectivity index (χ3v) is 3.24. The molecular weight excluding hydrogens is 283 g/mol. The Kier molecular flexibility index (Phi) is 4.66. The van der Waals surface area contributed by atoms with Crippen molar-refractivity contribution in [2.45, 2.75) is 18.9 Å². The van der Waals surface area contributed by atoms with Gasteiger partial charge in [-0.25, -0.2) is 4.39 Å². The molecule has 1 heterocycles. The van der Waals surface area contributed by atoms with E-state index in [4.69, 9.17) is 10.6 Å². The molecule has 0 radical (unpaired) electrons. The van der Waals surface area contributed by atoms with E-state index in [0.717, 1.165) is 6.07 Å². The number of nitrogen functional groups attached to an aromatic ring is 1. The van der Waals surface area contributed by atoms with Crippen LogP contribution < -0.4 is 16.6 Å². The molecule has 0 spiro atoms. The van der Waals surface area contributed by atoms with E-state index in [1.54, 1.807) is 0 Å². The Balaban J connectivity index is 2.27. The number of nitrogens with two attached hydrogens (primary N) is 1. The van der Waals surface area contributed by atoms with Crippen LogP contribution >= 0.6 is 0 Å². The number of anilines is 1. The van der Waals surface area contributed by atoms with Gasteiger partial charge in [-0.2, -0.15) is 0 Å². The zero-order chi connectivity index (χ0) is 15.4. The lowest BCUT2D eigenvalue weighted by Gasteiger charge is -2.23. The average molecular weight is 298 g/mol. The summed E-state index contributed by atoms with van der Waals surface area (Å²) >= 11 is 0. The minimum Gasteiger partial charge on any atom is -0.381 e. The van der Waals surface area contributed by atoms with Crippen molar-refractivity contribution in [2.75, 3.05) is 18.6 Å². The Bertz CT molecular complexity index is 560. The molecule has 1 amide bonds. The lowest BCUT2D eigenvalue weighted by Crippen LogP contribution is -2.39. The minimum absolute atomic E-state index is 0.120. The van der Waals surface area contributed by atoms with Crippen LogP contribution in [0.1, 0.15) is 23.2 Å². The van der Waals surface area contributed by atoms with Gasteiger partial charge in [0, 0.05) is 19.3 Å². The number of nitro groups is 1. The van der Waals surface area contributed by atoms with Gasteiger partial charge >= 0.3 is 0 Å². The fraction of sp³-hybridized carbons (Fsp3) is 0.417. The Morgan fingerprint density at radius 1 is 1.43 bits per heavy atom. The first-order valence-electron chi connectivity index (χ1n) is 6.36. The van der Waals surface area contributed by atoms with Gasteiger partial charge in [0.2, 0.25) is 0 Å². The summed E-state index contributed by atoms with van der Waals surface area (Å²) in [6, 6.07) is 1.58. The van der Waals surface area contributed by atoms with Crippen molar-refractivity contribution >= 4 is 17.3 Å². The third kappa shape index (κ3) is 3.44. The van der Waals surface area contributed by atoms with E-state index in [1.165, 1.54) is 0 Å². The second-order valence-corrected chi connectivity index (χ2v) is 4.61. The van der Waals surface area contributed by atoms with Crippen molar-refractivity contribution in [3.05, 3.63) is 33.6 Å². The highest BCUT2D eigenvalue weighted by atomic mass is 19.1. The quantitative estimate of drug-likeness (QED) is 0.432. The number of hydrazine groups is 1. The summed E-state index contributed by atoms with van der Waals surface area (Å²) in [5, 5.41) is 13.6. The van der Waals surface area contributed by atoms with E-state index >= 15 is 0 Å². The summed E-state index contributed by atoms with van der Waals surface area (Å²) < 4.78 is 18.7. The largest absolute Gasteiger partial charge is 0.381 e. The van der Waals surface area contributed by atoms with E-state index in [9.17, 15) is 19.3 Å². The molecule has 0 atom stereocenters. The Labute approximate surface area is 119 Å². The molecule has 0 aromatic heterocycles. The Morgan fingerprint density at radius 2 is 2.10 bits per heavy atom. The number of carbonyl (C=O) groups is 1. The first-order chi connectivity index (χ1) is 10.0. The van der Waals surface area contributed by atoms with Gasteiger partial charge in [-0.3, -0.25) is 20.8 Å². The fourth-order valence-electron chi connectivity index (χ4n) is 2.11. The van der Waals surface area contributed by atoms with Crippen LogP contribution in [0.4, 0.5) is 15.8 Å². The molecule has 2 rings (SSSR count). The molecule has 21 heavy (non-hydrogen) atoms. The van der Waals surface area contributed by atoms with E-state index in [1.807, 2.05) is 0 Å². The van der Waals surface area contributed by atoms with Crippen molar-refractivity contribution in [1.82, 2.24) is 5.32 Å². The van der Waals surface area contributed by atoms with Gasteiger partial charge in [0.15, 0.2) is 5.82 Å². The molecule has 1 fully saturated rings. The number of nitro benzene ring substituents is 1. The number of nitrogens with zero attached hydrogens (tertiary/aromatic N) is 1. The number of halogens is 1. The number of carbonyl (C=O) groups excluding carboxylic acids is 1. The summed E-state index contributed by atoms with van der Waals surface area (Å²) in [6.07, 6.45) is 1.26. The van der Waals surface area contributed by atoms with Crippen molar-refractivity contribution < 1.29 is 18.8 Å². The molecular formula is C12H15FN4O4. The Morgan fingerprint density at radius 3 is 2.67 bits per heavy atom. The molecule has 1 aliphatic rings. The van der Waals surface area contributed by atoms with Crippen LogP contribution in [0.15, 0.2) is 12.1 Å². The second-order valence-electron chi connectivity index (χ2n) is 4.61. The maximum Gasteiger partial charge on any atom is 0.285 e. The molecule has 1 aromatic rings. The summed E-state index contributed by atoms with van der Waals surface area (Å²) in [4.78, 5) is 22.3. The zero-order valence-electron chi connectivity index (χ0n) is 11.1. The minimum atomic E-state index is -0.896. The molecule has 0 bridgehead atoms. The van der Waals surface area contributed by atoms with Crippen LogP contribution in [0, 0.1) is 15.9 Å².